The molecule has 0 spiro atoms. The SMILES string of the molecule is COc1cc(OC)cc(C(=O)NNC(=O)c2cccc(S(=O)(=O)NCc3ccccc3)c2)c1. The van der Waals surface area contributed by atoms with Crippen molar-refractivity contribution in [3.63, 3.8) is 0 Å². The molecule has 0 aliphatic rings. The normalized spacial score (nSPS) is 10.8. The van der Waals surface area contributed by atoms with Crippen molar-refractivity contribution in [1.82, 2.24) is 15.6 Å². The number of carbonyl (C=O) groups is 2. The quantitative estimate of drug-likeness (QED) is 0.435. The molecule has 3 aromatic rings. The van der Waals surface area contributed by atoms with E-state index < -0.39 is 21.8 Å². The molecule has 0 atom stereocenters. The average Bonchev–Trinajstić information content (AvgIpc) is 2.86. The van der Waals surface area contributed by atoms with Crippen LogP contribution in [0.2, 0.25) is 0 Å². The zero-order chi connectivity index (χ0) is 23.8. The minimum absolute atomic E-state index is 0.0566. The van der Waals surface area contributed by atoms with E-state index in [2.05, 4.69) is 15.6 Å². The van der Waals surface area contributed by atoms with Gasteiger partial charge in [0.2, 0.25) is 10.0 Å². The van der Waals surface area contributed by atoms with E-state index in [4.69, 9.17) is 9.47 Å². The molecule has 9 nitrogen and oxygen atoms in total. The van der Waals surface area contributed by atoms with Crippen molar-refractivity contribution in [2.24, 2.45) is 0 Å². The lowest BCUT2D eigenvalue weighted by atomic mass is 10.2. The van der Waals surface area contributed by atoms with Gasteiger partial charge in [-0.2, -0.15) is 0 Å². The number of rotatable bonds is 8. The number of sulfonamides is 1. The molecule has 0 saturated carbocycles. The Morgan fingerprint density at radius 1 is 0.758 bits per heavy atom. The van der Waals surface area contributed by atoms with Gasteiger partial charge in [-0.25, -0.2) is 13.1 Å². The molecular weight excluding hydrogens is 446 g/mol. The third kappa shape index (κ3) is 6.31. The molecule has 33 heavy (non-hydrogen) atoms. The Bertz CT molecular complexity index is 1220. The van der Waals surface area contributed by atoms with Crippen LogP contribution in [-0.4, -0.2) is 34.5 Å². The number of benzene rings is 3. The highest BCUT2D eigenvalue weighted by Crippen LogP contribution is 2.22. The Kier molecular flexibility index (Phi) is 7.65. The molecule has 2 amide bonds. The Labute approximate surface area is 191 Å². The number of hydrogen-bond donors (Lipinski definition) is 3. The minimum Gasteiger partial charge on any atom is -0.497 e. The first-order chi connectivity index (χ1) is 15.8. The van der Waals surface area contributed by atoms with Crippen LogP contribution in [0.25, 0.3) is 0 Å². The van der Waals surface area contributed by atoms with Gasteiger partial charge < -0.3 is 9.47 Å². The largest absolute Gasteiger partial charge is 0.497 e. The maximum absolute atomic E-state index is 12.6. The minimum atomic E-state index is -3.85. The Morgan fingerprint density at radius 3 is 1.97 bits per heavy atom. The van der Waals surface area contributed by atoms with Gasteiger partial charge in [-0.15, -0.1) is 0 Å². The molecule has 0 saturated heterocycles. The van der Waals surface area contributed by atoms with Crippen LogP contribution in [0.1, 0.15) is 26.3 Å². The molecule has 0 radical (unpaired) electrons. The zero-order valence-electron chi connectivity index (χ0n) is 18.0. The molecule has 0 unspecified atom stereocenters. The zero-order valence-corrected chi connectivity index (χ0v) is 18.8. The van der Waals surface area contributed by atoms with E-state index >= 15 is 0 Å². The van der Waals surface area contributed by atoms with Gasteiger partial charge >= 0.3 is 0 Å². The lowest BCUT2D eigenvalue weighted by Crippen LogP contribution is -2.41. The lowest BCUT2D eigenvalue weighted by molar-refractivity contribution is 0.0846. The molecule has 0 aliphatic heterocycles. The second-order valence-electron chi connectivity index (χ2n) is 6.85. The highest BCUT2D eigenvalue weighted by atomic mass is 32.2. The Hall–Kier alpha value is -3.89. The number of hydrogen-bond acceptors (Lipinski definition) is 6. The molecule has 10 heteroatoms. The third-order valence-electron chi connectivity index (χ3n) is 4.62. The number of ether oxygens (including phenoxy) is 2. The van der Waals surface area contributed by atoms with Crippen LogP contribution in [0.3, 0.4) is 0 Å². The number of hydrazine groups is 1. The maximum atomic E-state index is 12.6. The summed E-state index contributed by atoms with van der Waals surface area (Å²) in [6.45, 7) is 0.111. The lowest BCUT2D eigenvalue weighted by Gasteiger charge is -2.11. The van der Waals surface area contributed by atoms with Crippen molar-refractivity contribution < 1.29 is 27.5 Å². The molecule has 0 fully saturated rings. The van der Waals surface area contributed by atoms with Crippen LogP contribution >= 0.6 is 0 Å². The van der Waals surface area contributed by atoms with Crippen LogP contribution < -0.4 is 25.0 Å². The Morgan fingerprint density at radius 2 is 1.36 bits per heavy atom. The summed E-state index contributed by atoms with van der Waals surface area (Å²) in [5.41, 5.74) is 5.62. The van der Waals surface area contributed by atoms with Gasteiger partial charge in [-0.05, 0) is 35.9 Å². The molecule has 0 heterocycles. The monoisotopic (exact) mass is 469 g/mol. The van der Waals surface area contributed by atoms with Crippen LogP contribution in [0.4, 0.5) is 0 Å². The molecule has 3 N–H and O–H groups in total. The van der Waals surface area contributed by atoms with E-state index in [1.54, 1.807) is 18.2 Å². The van der Waals surface area contributed by atoms with Crippen LogP contribution in [0, 0.1) is 0 Å². The summed E-state index contributed by atoms with van der Waals surface area (Å²) in [6, 6.07) is 19.1. The molecular formula is C23H23N3O6S. The van der Waals surface area contributed by atoms with E-state index in [0.717, 1.165) is 5.56 Å². The topological polar surface area (TPSA) is 123 Å². The number of amides is 2. The summed E-state index contributed by atoms with van der Waals surface area (Å²) in [5.74, 6) is -0.467. The van der Waals surface area contributed by atoms with E-state index in [1.165, 1.54) is 50.6 Å². The van der Waals surface area contributed by atoms with Crippen molar-refractivity contribution in [1.29, 1.82) is 0 Å². The number of methoxy groups -OCH3 is 2. The summed E-state index contributed by atoms with van der Waals surface area (Å²) < 4.78 is 38.0. The van der Waals surface area contributed by atoms with Crippen molar-refractivity contribution in [2.75, 3.05) is 14.2 Å². The van der Waals surface area contributed by atoms with Crippen molar-refractivity contribution in [2.45, 2.75) is 11.4 Å². The van der Waals surface area contributed by atoms with Gasteiger partial charge in [-0.3, -0.25) is 20.4 Å². The van der Waals surface area contributed by atoms with Crippen LogP contribution in [0.5, 0.6) is 11.5 Å². The fraction of sp³-hybridized carbons (Fsp3) is 0.130. The van der Waals surface area contributed by atoms with E-state index in [1.807, 2.05) is 18.2 Å². The summed E-state index contributed by atoms with van der Waals surface area (Å²) in [7, 11) is -0.945. The van der Waals surface area contributed by atoms with Gasteiger partial charge in [0.1, 0.15) is 11.5 Å². The second kappa shape index (κ2) is 10.6. The van der Waals surface area contributed by atoms with E-state index in [-0.39, 0.29) is 22.6 Å². The molecule has 0 aromatic heterocycles. The first-order valence-electron chi connectivity index (χ1n) is 9.80. The first kappa shape index (κ1) is 23.8. The van der Waals surface area contributed by atoms with Gasteiger partial charge in [-0.1, -0.05) is 36.4 Å². The van der Waals surface area contributed by atoms with Crippen LogP contribution in [0.15, 0.2) is 77.7 Å². The highest BCUT2D eigenvalue weighted by molar-refractivity contribution is 7.89. The van der Waals surface area contributed by atoms with Gasteiger partial charge in [0, 0.05) is 23.7 Å². The number of nitrogens with one attached hydrogen (secondary N) is 3. The molecule has 172 valence electrons. The Balaban J connectivity index is 1.66. The average molecular weight is 470 g/mol. The second-order valence-corrected chi connectivity index (χ2v) is 8.61. The maximum Gasteiger partial charge on any atom is 0.269 e. The van der Waals surface area contributed by atoms with Gasteiger partial charge in [0.05, 0.1) is 19.1 Å². The fourth-order valence-corrected chi connectivity index (χ4v) is 3.92. The predicted molar refractivity (Wildman–Crippen MR) is 121 cm³/mol. The smallest absolute Gasteiger partial charge is 0.269 e. The fourth-order valence-electron chi connectivity index (χ4n) is 2.86. The summed E-state index contributed by atoms with van der Waals surface area (Å²) in [5, 5.41) is 0. The van der Waals surface area contributed by atoms with Gasteiger partial charge in [0.15, 0.2) is 0 Å². The third-order valence-corrected chi connectivity index (χ3v) is 6.02. The van der Waals surface area contributed by atoms with Crippen molar-refractivity contribution in [3.8, 4) is 11.5 Å². The van der Waals surface area contributed by atoms with Crippen molar-refractivity contribution >= 4 is 21.8 Å². The molecule has 3 rings (SSSR count). The van der Waals surface area contributed by atoms with E-state index in [9.17, 15) is 18.0 Å². The summed E-state index contributed by atoms with van der Waals surface area (Å²) in [4.78, 5) is 24.8. The highest BCUT2D eigenvalue weighted by Gasteiger charge is 2.17. The standard InChI is InChI=1S/C23H23N3O6S/c1-31-19-11-18(12-20(14-19)32-2)23(28)26-25-22(27)17-9-6-10-21(13-17)33(29,30)24-15-16-7-4-3-5-8-16/h3-14,24H,15H2,1-2H3,(H,25,27)(H,26,28). The first-order valence-corrected chi connectivity index (χ1v) is 11.3. The molecule has 3 aromatic carbocycles. The summed E-state index contributed by atoms with van der Waals surface area (Å²) in [6.07, 6.45) is 0. The predicted octanol–water partition coefficient (Wildman–Crippen LogP) is 2.26. The molecule has 0 aliphatic carbocycles. The summed E-state index contributed by atoms with van der Waals surface area (Å²) >= 11 is 0. The van der Waals surface area contributed by atoms with E-state index in [0.29, 0.717) is 11.5 Å². The van der Waals surface area contributed by atoms with Gasteiger partial charge in [0.25, 0.3) is 11.8 Å². The molecule has 0 bridgehead atoms. The van der Waals surface area contributed by atoms with Crippen molar-refractivity contribution in [3.05, 3.63) is 89.5 Å². The van der Waals surface area contributed by atoms with Crippen LogP contribution in [-0.2, 0) is 16.6 Å². The number of carbonyl (C=O) groups excluding carboxylic acids is 2.